The predicted molar refractivity (Wildman–Crippen MR) is 84.1 cm³/mol. The van der Waals surface area contributed by atoms with Gasteiger partial charge in [0, 0.05) is 11.7 Å². The second kappa shape index (κ2) is 5.84. The van der Waals surface area contributed by atoms with Crippen LogP contribution in [0.2, 0.25) is 5.02 Å². The minimum Gasteiger partial charge on any atom is -0.378 e. The number of rotatable bonds is 3. The van der Waals surface area contributed by atoms with Gasteiger partial charge in [0.05, 0.1) is 5.02 Å². The van der Waals surface area contributed by atoms with Crippen molar-refractivity contribution in [3.63, 3.8) is 0 Å². The molecule has 0 amide bonds. The zero-order chi connectivity index (χ0) is 14.9. The highest BCUT2D eigenvalue weighted by Gasteiger charge is 2.11. The van der Waals surface area contributed by atoms with E-state index in [2.05, 4.69) is 45.1 Å². The lowest BCUT2D eigenvalue weighted by atomic mass is 9.96. The van der Waals surface area contributed by atoms with Crippen LogP contribution < -0.4 is 5.32 Å². The molecular weight excluding hydrogens is 273 g/mol. The van der Waals surface area contributed by atoms with Crippen LogP contribution >= 0.6 is 11.6 Å². The second-order valence-electron chi connectivity index (χ2n) is 5.29. The highest BCUT2D eigenvalue weighted by atomic mass is 35.5. The minimum absolute atomic E-state index is 0.106. The fourth-order valence-corrected chi connectivity index (χ4v) is 2.48. The van der Waals surface area contributed by atoms with Crippen molar-refractivity contribution in [2.24, 2.45) is 0 Å². The smallest absolute Gasteiger partial charge is 0.143 e. The van der Waals surface area contributed by atoms with Gasteiger partial charge in [0.1, 0.15) is 5.82 Å². The number of hydrogen-bond acceptors (Lipinski definition) is 1. The lowest BCUT2D eigenvalue weighted by molar-refractivity contribution is 0.628. The number of anilines is 1. The molecule has 1 atom stereocenters. The van der Waals surface area contributed by atoms with Gasteiger partial charge in [-0.1, -0.05) is 23.7 Å². The Kier molecular flexibility index (Phi) is 4.34. The van der Waals surface area contributed by atoms with Crippen LogP contribution in [0.25, 0.3) is 0 Å². The van der Waals surface area contributed by atoms with Crippen molar-refractivity contribution in [1.82, 2.24) is 0 Å². The van der Waals surface area contributed by atoms with E-state index in [1.165, 1.54) is 28.3 Å². The topological polar surface area (TPSA) is 12.0 Å². The van der Waals surface area contributed by atoms with Crippen LogP contribution in [-0.4, -0.2) is 0 Å². The first-order chi connectivity index (χ1) is 9.38. The maximum atomic E-state index is 13.5. The molecule has 2 aromatic rings. The first-order valence-corrected chi connectivity index (χ1v) is 7.05. The van der Waals surface area contributed by atoms with E-state index in [4.69, 9.17) is 11.6 Å². The van der Waals surface area contributed by atoms with Gasteiger partial charge >= 0.3 is 0 Å². The van der Waals surface area contributed by atoms with E-state index in [1.54, 1.807) is 12.1 Å². The standard InChI is InChI=1S/C17H19ClFN/c1-10-7-12(3)15(8-11(10)2)13(4)20-14-5-6-16(18)17(19)9-14/h5-9,13,20H,1-4H3. The second-order valence-corrected chi connectivity index (χ2v) is 5.70. The van der Waals surface area contributed by atoms with Gasteiger partial charge < -0.3 is 5.32 Å². The molecule has 20 heavy (non-hydrogen) atoms. The first-order valence-electron chi connectivity index (χ1n) is 6.68. The fraction of sp³-hybridized carbons (Fsp3) is 0.294. The molecule has 0 saturated heterocycles. The van der Waals surface area contributed by atoms with Crippen molar-refractivity contribution in [3.8, 4) is 0 Å². The molecule has 0 aliphatic rings. The molecule has 0 spiro atoms. The van der Waals surface area contributed by atoms with Gasteiger partial charge in [-0.2, -0.15) is 0 Å². The molecule has 3 heteroatoms. The molecule has 0 radical (unpaired) electrons. The predicted octanol–water partition coefficient (Wildman–Crippen LogP) is 5.58. The quantitative estimate of drug-likeness (QED) is 0.778. The third-order valence-electron chi connectivity index (χ3n) is 3.65. The van der Waals surface area contributed by atoms with E-state index in [0.717, 1.165) is 5.69 Å². The molecular formula is C17H19ClFN. The average molecular weight is 292 g/mol. The molecule has 0 bridgehead atoms. The zero-order valence-electron chi connectivity index (χ0n) is 12.2. The number of aryl methyl sites for hydroxylation is 3. The summed E-state index contributed by atoms with van der Waals surface area (Å²) in [4.78, 5) is 0. The lowest BCUT2D eigenvalue weighted by Crippen LogP contribution is -2.09. The normalized spacial score (nSPS) is 12.3. The molecule has 1 nitrogen and oxygen atoms in total. The van der Waals surface area contributed by atoms with Crippen molar-refractivity contribution in [2.45, 2.75) is 33.7 Å². The van der Waals surface area contributed by atoms with Crippen molar-refractivity contribution in [3.05, 3.63) is 63.4 Å². The highest BCUT2D eigenvalue weighted by molar-refractivity contribution is 6.30. The third kappa shape index (κ3) is 3.13. The van der Waals surface area contributed by atoms with E-state index in [0.29, 0.717) is 0 Å². The summed E-state index contributed by atoms with van der Waals surface area (Å²) in [5, 5.41) is 3.46. The maximum Gasteiger partial charge on any atom is 0.143 e. The fourth-order valence-electron chi connectivity index (χ4n) is 2.36. The summed E-state index contributed by atoms with van der Waals surface area (Å²) in [6, 6.07) is 9.27. The molecule has 2 aromatic carbocycles. The Hall–Kier alpha value is -1.54. The van der Waals surface area contributed by atoms with Crippen molar-refractivity contribution in [1.29, 1.82) is 0 Å². The third-order valence-corrected chi connectivity index (χ3v) is 3.96. The monoisotopic (exact) mass is 291 g/mol. The molecule has 1 N–H and O–H groups in total. The van der Waals surface area contributed by atoms with E-state index in [9.17, 15) is 4.39 Å². The summed E-state index contributed by atoms with van der Waals surface area (Å²) in [6.07, 6.45) is 0. The number of nitrogens with one attached hydrogen (secondary N) is 1. The lowest BCUT2D eigenvalue weighted by Gasteiger charge is -2.19. The van der Waals surface area contributed by atoms with Crippen LogP contribution in [0, 0.1) is 26.6 Å². The van der Waals surface area contributed by atoms with Crippen LogP contribution in [0.4, 0.5) is 10.1 Å². The Morgan fingerprint density at radius 1 is 1.00 bits per heavy atom. The summed E-state index contributed by atoms with van der Waals surface area (Å²) in [5.41, 5.74) is 5.75. The van der Waals surface area contributed by atoms with Crippen LogP contribution in [0.5, 0.6) is 0 Å². The molecule has 0 saturated carbocycles. The zero-order valence-corrected chi connectivity index (χ0v) is 13.0. The number of benzene rings is 2. The SMILES string of the molecule is Cc1cc(C)c(C(C)Nc2ccc(Cl)c(F)c2)cc1C. The van der Waals surface area contributed by atoms with Crippen LogP contribution in [0.3, 0.4) is 0 Å². The first kappa shape index (κ1) is 14.9. The van der Waals surface area contributed by atoms with Gasteiger partial charge in [0.2, 0.25) is 0 Å². The molecule has 1 unspecified atom stereocenters. The molecule has 0 aliphatic carbocycles. The van der Waals surface area contributed by atoms with Gasteiger partial charge in [-0.25, -0.2) is 4.39 Å². The number of hydrogen-bond donors (Lipinski definition) is 1. The summed E-state index contributed by atoms with van der Waals surface area (Å²) < 4.78 is 13.5. The summed E-state index contributed by atoms with van der Waals surface area (Å²) in [7, 11) is 0. The van der Waals surface area contributed by atoms with Crippen molar-refractivity contribution < 1.29 is 4.39 Å². The summed E-state index contributed by atoms with van der Waals surface area (Å²) >= 11 is 5.69. The van der Waals surface area contributed by atoms with Crippen LogP contribution in [0.1, 0.15) is 35.2 Å². The van der Waals surface area contributed by atoms with E-state index in [-0.39, 0.29) is 11.1 Å². The Bertz CT molecular complexity index is 637. The molecule has 0 aromatic heterocycles. The molecule has 0 fully saturated rings. The Morgan fingerprint density at radius 3 is 2.30 bits per heavy atom. The molecule has 0 heterocycles. The van der Waals surface area contributed by atoms with Gasteiger partial charge in [-0.15, -0.1) is 0 Å². The van der Waals surface area contributed by atoms with Gasteiger partial charge in [0.15, 0.2) is 0 Å². The Labute approximate surface area is 124 Å². The van der Waals surface area contributed by atoms with Crippen molar-refractivity contribution in [2.75, 3.05) is 5.32 Å². The molecule has 0 aliphatic heterocycles. The molecule has 2 rings (SSSR count). The molecule has 106 valence electrons. The van der Waals surface area contributed by atoms with Crippen molar-refractivity contribution >= 4 is 17.3 Å². The summed E-state index contributed by atoms with van der Waals surface area (Å²) in [6.45, 7) is 8.39. The van der Waals surface area contributed by atoms with Gasteiger partial charge in [-0.05, 0) is 68.1 Å². The maximum absolute atomic E-state index is 13.5. The highest BCUT2D eigenvalue weighted by Crippen LogP contribution is 2.26. The van der Waals surface area contributed by atoms with Crippen LogP contribution in [-0.2, 0) is 0 Å². The van der Waals surface area contributed by atoms with E-state index >= 15 is 0 Å². The Balaban J connectivity index is 2.25. The minimum atomic E-state index is -0.402. The van der Waals surface area contributed by atoms with E-state index in [1.807, 2.05) is 0 Å². The van der Waals surface area contributed by atoms with Gasteiger partial charge in [-0.3, -0.25) is 0 Å². The summed E-state index contributed by atoms with van der Waals surface area (Å²) in [5.74, 6) is -0.402. The number of halogens is 2. The van der Waals surface area contributed by atoms with Gasteiger partial charge in [0.25, 0.3) is 0 Å². The average Bonchev–Trinajstić information content (AvgIpc) is 2.38. The van der Waals surface area contributed by atoms with Crippen LogP contribution in [0.15, 0.2) is 30.3 Å². The Morgan fingerprint density at radius 2 is 1.65 bits per heavy atom. The largest absolute Gasteiger partial charge is 0.378 e. The van der Waals surface area contributed by atoms with E-state index < -0.39 is 5.82 Å².